The summed E-state index contributed by atoms with van der Waals surface area (Å²) >= 11 is 0. The Kier molecular flexibility index (Phi) is 8.53. The first-order valence-electron chi connectivity index (χ1n) is 21.2. The number of hydrogen-bond acceptors (Lipinski definition) is 2. The van der Waals surface area contributed by atoms with Crippen LogP contribution >= 0.6 is 0 Å². The molecule has 0 bridgehead atoms. The zero-order chi connectivity index (χ0) is 41.0. The van der Waals surface area contributed by atoms with Crippen LogP contribution < -0.4 is 4.90 Å². The Labute approximate surface area is 360 Å². The normalized spacial score (nSPS) is 11.5. The van der Waals surface area contributed by atoms with Crippen molar-refractivity contribution in [3.8, 4) is 44.5 Å². The summed E-state index contributed by atoms with van der Waals surface area (Å²) in [5, 5.41) is 9.71. The second kappa shape index (κ2) is 14.8. The van der Waals surface area contributed by atoms with Crippen molar-refractivity contribution in [2.75, 3.05) is 4.90 Å². The lowest BCUT2D eigenvalue weighted by Crippen LogP contribution is -2.09. The van der Waals surface area contributed by atoms with Gasteiger partial charge < -0.3 is 9.32 Å². The standard InChI is InChI=1S/C60H39NO/c1-3-15-41(16-4-1)56-38-45(37-44-19-7-8-20-49(44)56)40-27-31-46(32-28-40)61(48-35-36-53-52-23-13-14-26-57(52)62-58(53)39-48)47-33-29-43(30-34-47)60-55-25-12-10-22-51(55)50-21-9-11-24-54(50)59(60)42-17-5-2-6-18-42/h1-39H. The number of nitrogens with zero attached hydrogens (tertiary/aromatic N) is 1. The molecule has 0 atom stereocenters. The summed E-state index contributed by atoms with van der Waals surface area (Å²) in [6.45, 7) is 0. The fraction of sp³-hybridized carbons (Fsp3) is 0. The van der Waals surface area contributed by atoms with E-state index in [1.54, 1.807) is 0 Å². The largest absolute Gasteiger partial charge is 0.456 e. The molecule has 0 fully saturated rings. The van der Waals surface area contributed by atoms with Crippen molar-refractivity contribution in [3.63, 3.8) is 0 Å². The minimum atomic E-state index is 0.863. The molecule has 2 heteroatoms. The number of rotatable bonds is 7. The van der Waals surface area contributed by atoms with Crippen molar-refractivity contribution in [1.29, 1.82) is 0 Å². The highest BCUT2D eigenvalue weighted by atomic mass is 16.3. The van der Waals surface area contributed by atoms with Crippen molar-refractivity contribution < 1.29 is 4.42 Å². The van der Waals surface area contributed by atoms with Gasteiger partial charge in [0.05, 0.1) is 0 Å². The van der Waals surface area contributed by atoms with Crippen LogP contribution in [0.25, 0.3) is 98.8 Å². The van der Waals surface area contributed by atoms with E-state index in [0.29, 0.717) is 0 Å². The number of hydrogen-bond donors (Lipinski definition) is 0. The quantitative estimate of drug-likeness (QED) is 0.150. The van der Waals surface area contributed by atoms with Crippen LogP contribution in [0.15, 0.2) is 241 Å². The summed E-state index contributed by atoms with van der Waals surface area (Å²) in [5.74, 6) is 0. The summed E-state index contributed by atoms with van der Waals surface area (Å²) in [5.41, 5.74) is 14.5. The van der Waals surface area contributed by atoms with Gasteiger partial charge in [0, 0.05) is 33.9 Å². The summed E-state index contributed by atoms with van der Waals surface area (Å²) in [6.07, 6.45) is 0. The van der Waals surface area contributed by atoms with Crippen molar-refractivity contribution in [3.05, 3.63) is 237 Å². The molecule has 290 valence electrons. The first-order valence-corrected chi connectivity index (χ1v) is 21.2. The first kappa shape index (κ1) is 35.7. The van der Waals surface area contributed by atoms with E-state index in [4.69, 9.17) is 4.42 Å². The lowest BCUT2D eigenvalue weighted by Gasteiger charge is -2.26. The molecule has 12 rings (SSSR count). The van der Waals surface area contributed by atoms with Crippen LogP contribution in [0.5, 0.6) is 0 Å². The molecule has 1 aromatic heterocycles. The third kappa shape index (κ3) is 6.04. The molecule has 0 aliphatic heterocycles. The lowest BCUT2D eigenvalue weighted by molar-refractivity contribution is 0.669. The molecule has 0 aliphatic rings. The summed E-state index contributed by atoms with van der Waals surface area (Å²) < 4.78 is 6.46. The lowest BCUT2D eigenvalue weighted by atomic mass is 9.85. The van der Waals surface area contributed by atoms with Gasteiger partial charge in [0.25, 0.3) is 0 Å². The van der Waals surface area contributed by atoms with Gasteiger partial charge in [0.15, 0.2) is 0 Å². The number of benzene rings is 11. The number of anilines is 3. The summed E-state index contributed by atoms with van der Waals surface area (Å²) in [7, 11) is 0. The van der Waals surface area contributed by atoms with Gasteiger partial charge in [-0.05, 0) is 131 Å². The van der Waals surface area contributed by atoms with E-state index >= 15 is 0 Å². The van der Waals surface area contributed by atoms with Crippen LogP contribution in [0.4, 0.5) is 17.1 Å². The minimum Gasteiger partial charge on any atom is -0.456 e. The zero-order valence-corrected chi connectivity index (χ0v) is 33.9. The van der Waals surface area contributed by atoms with E-state index in [-0.39, 0.29) is 0 Å². The smallest absolute Gasteiger partial charge is 0.137 e. The molecule has 0 spiro atoms. The van der Waals surface area contributed by atoms with E-state index in [2.05, 4.69) is 229 Å². The minimum absolute atomic E-state index is 0.863. The molecule has 0 radical (unpaired) electrons. The fourth-order valence-electron chi connectivity index (χ4n) is 9.56. The number of fused-ring (bicyclic) bond motifs is 7. The fourth-order valence-corrected chi connectivity index (χ4v) is 9.56. The van der Waals surface area contributed by atoms with Gasteiger partial charge in [-0.2, -0.15) is 0 Å². The van der Waals surface area contributed by atoms with Crippen molar-refractivity contribution in [2.24, 2.45) is 0 Å². The predicted molar refractivity (Wildman–Crippen MR) is 263 cm³/mol. The van der Waals surface area contributed by atoms with Crippen LogP contribution in [-0.4, -0.2) is 0 Å². The molecule has 0 N–H and O–H groups in total. The highest BCUT2D eigenvalue weighted by Gasteiger charge is 2.20. The molecular weight excluding hydrogens is 751 g/mol. The molecule has 1 heterocycles. The van der Waals surface area contributed by atoms with Crippen molar-refractivity contribution >= 4 is 71.3 Å². The molecule has 11 aromatic carbocycles. The molecule has 0 amide bonds. The van der Waals surface area contributed by atoms with Crippen LogP contribution in [0.2, 0.25) is 0 Å². The first-order chi connectivity index (χ1) is 30.7. The Morgan fingerprint density at radius 1 is 0.258 bits per heavy atom. The van der Waals surface area contributed by atoms with E-state index in [9.17, 15) is 0 Å². The third-order valence-corrected chi connectivity index (χ3v) is 12.4. The Bertz CT molecular complexity index is 3610. The number of para-hydroxylation sites is 1. The monoisotopic (exact) mass is 789 g/mol. The van der Waals surface area contributed by atoms with E-state index in [1.807, 2.05) is 12.1 Å². The predicted octanol–water partition coefficient (Wildman–Crippen LogP) is 17.2. The van der Waals surface area contributed by atoms with Crippen molar-refractivity contribution in [2.45, 2.75) is 0 Å². The van der Waals surface area contributed by atoms with E-state index in [0.717, 1.165) is 44.6 Å². The molecule has 0 unspecified atom stereocenters. The Morgan fingerprint density at radius 2 is 0.726 bits per heavy atom. The molecular formula is C60H39NO. The highest BCUT2D eigenvalue weighted by Crippen LogP contribution is 2.46. The van der Waals surface area contributed by atoms with Gasteiger partial charge in [0.2, 0.25) is 0 Å². The second-order valence-corrected chi connectivity index (χ2v) is 16.0. The Morgan fingerprint density at radius 3 is 1.37 bits per heavy atom. The van der Waals surface area contributed by atoms with Crippen LogP contribution in [0, 0.1) is 0 Å². The van der Waals surface area contributed by atoms with E-state index in [1.165, 1.54) is 71.3 Å². The van der Waals surface area contributed by atoms with Gasteiger partial charge in [0.1, 0.15) is 11.2 Å². The average molecular weight is 790 g/mol. The van der Waals surface area contributed by atoms with Gasteiger partial charge in [-0.3, -0.25) is 0 Å². The number of furan rings is 1. The van der Waals surface area contributed by atoms with Gasteiger partial charge in [-0.15, -0.1) is 0 Å². The second-order valence-electron chi connectivity index (χ2n) is 16.0. The molecule has 0 saturated carbocycles. The molecule has 62 heavy (non-hydrogen) atoms. The maximum absolute atomic E-state index is 6.46. The Balaban J connectivity index is 1.01. The Hall–Kier alpha value is -8.20. The maximum Gasteiger partial charge on any atom is 0.137 e. The van der Waals surface area contributed by atoms with Gasteiger partial charge in [-0.1, -0.05) is 176 Å². The average Bonchev–Trinajstić information content (AvgIpc) is 3.72. The molecule has 12 aromatic rings. The molecule has 0 aliphatic carbocycles. The maximum atomic E-state index is 6.46. The molecule has 0 saturated heterocycles. The SMILES string of the molecule is c1ccc(-c2cc(-c3ccc(N(c4ccc(-c5c(-c6ccccc6)c6ccccc6c6ccccc56)cc4)c4ccc5c(c4)oc4ccccc45)cc3)cc3ccccc23)cc1. The van der Waals surface area contributed by atoms with E-state index < -0.39 is 0 Å². The zero-order valence-electron chi connectivity index (χ0n) is 33.9. The topological polar surface area (TPSA) is 16.4 Å². The van der Waals surface area contributed by atoms with Crippen LogP contribution in [-0.2, 0) is 0 Å². The van der Waals surface area contributed by atoms with Crippen molar-refractivity contribution in [1.82, 2.24) is 0 Å². The summed E-state index contributed by atoms with van der Waals surface area (Å²) in [4.78, 5) is 2.34. The third-order valence-electron chi connectivity index (χ3n) is 12.4. The molecule has 2 nitrogen and oxygen atoms in total. The van der Waals surface area contributed by atoms with Gasteiger partial charge >= 0.3 is 0 Å². The van der Waals surface area contributed by atoms with Crippen LogP contribution in [0.1, 0.15) is 0 Å². The highest BCUT2D eigenvalue weighted by molar-refractivity contribution is 6.21. The van der Waals surface area contributed by atoms with Crippen LogP contribution in [0.3, 0.4) is 0 Å². The summed E-state index contributed by atoms with van der Waals surface area (Å²) in [6, 6.07) is 85.4. The van der Waals surface area contributed by atoms with Gasteiger partial charge in [-0.25, -0.2) is 0 Å².